The molecule has 2 heterocycles. The van der Waals surface area contributed by atoms with Crippen LogP contribution in [0.1, 0.15) is 0 Å². The maximum atomic E-state index is 10.7. The van der Waals surface area contributed by atoms with Crippen LogP contribution in [0.25, 0.3) is 10.9 Å². The number of rotatable bonds is 0. The predicted octanol–water partition coefficient (Wildman–Crippen LogP) is 0.801. The lowest BCUT2D eigenvalue weighted by molar-refractivity contribution is -0.603. The number of nitrogens with one attached hydrogen (secondary N) is 1. The summed E-state index contributed by atoms with van der Waals surface area (Å²) >= 11 is 0. The highest BCUT2D eigenvalue weighted by Crippen LogP contribution is 2.06. The lowest BCUT2D eigenvalue weighted by Crippen LogP contribution is -2.23. The van der Waals surface area contributed by atoms with Gasteiger partial charge in [-0.3, -0.25) is 0 Å². The summed E-state index contributed by atoms with van der Waals surface area (Å²) in [5, 5.41) is 11.6. The summed E-state index contributed by atoms with van der Waals surface area (Å²) in [6.07, 6.45) is 4.81. The zero-order chi connectivity index (χ0) is 6.97. The van der Waals surface area contributed by atoms with Gasteiger partial charge in [-0.1, -0.05) is 0 Å². The van der Waals surface area contributed by atoms with Crippen LogP contribution in [-0.2, 0) is 0 Å². The van der Waals surface area contributed by atoms with Crippen molar-refractivity contribution in [1.82, 2.24) is 4.98 Å². The van der Waals surface area contributed by atoms with Gasteiger partial charge in [-0.15, -0.1) is 0 Å². The Labute approximate surface area is 57.5 Å². The summed E-state index contributed by atoms with van der Waals surface area (Å²) in [5.41, 5.74) is 0.993. The Morgan fingerprint density at radius 3 is 3.20 bits per heavy atom. The summed E-state index contributed by atoms with van der Waals surface area (Å²) in [6.45, 7) is 0. The van der Waals surface area contributed by atoms with E-state index in [0.717, 1.165) is 15.6 Å². The number of hydrogen-bond donors (Lipinski definition) is 1. The van der Waals surface area contributed by atoms with Crippen molar-refractivity contribution < 1.29 is 4.73 Å². The molecule has 0 aliphatic heterocycles. The average Bonchev–Trinajstić information content (AvgIpc) is 2.33. The molecule has 0 amide bonds. The zero-order valence-electron chi connectivity index (χ0n) is 5.24. The molecule has 3 heteroatoms. The van der Waals surface area contributed by atoms with Gasteiger partial charge >= 0.3 is 0 Å². The average molecular weight is 134 g/mol. The Morgan fingerprint density at radius 2 is 2.30 bits per heavy atom. The van der Waals surface area contributed by atoms with Crippen LogP contribution in [0.4, 0.5) is 0 Å². The third-order valence-corrected chi connectivity index (χ3v) is 1.47. The van der Waals surface area contributed by atoms with Gasteiger partial charge in [-0.25, -0.2) is 0 Å². The van der Waals surface area contributed by atoms with Gasteiger partial charge in [-0.05, 0) is 6.07 Å². The first kappa shape index (κ1) is 5.29. The van der Waals surface area contributed by atoms with Crippen LogP contribution in [0.15, 0.2) is 30.7 Å². The minimum Gasteiger partial charge on any atom is -0.619 e. The number of H-pyrrole nitrogens is 1. The SMILES string of the molecule is [O-][n+]1ccc2[nH]ccc2c1. The van der Waals surface area contributed by atoms with Crippen LogP contribution in [0.3, 0.4) is 0 Å². The van der Waals surface area contributed by atoms with E-state index in [1.54, 1.807) is 6.07 Å². The fourth-order valence-electron chi connectivity index (χ4n) is 0.979. The van der Waals surface area contributed by atoms with E-state index in [1.807, 2.05) is 12.3 Å². The van der Waals surface area contributed by atoms with E-state index in [-0.39, 0.29) is 0 Å². The normalized spacial score (nSPS) is 10.4. The van der Waals surface area contributed by atoms with E-state index < -0.39 is 0 Å². The number of pyridine rings is 1. The number of aromatic nitrogens is 2. The smallest absolute Gasteiger partial charge is 0.189 e. The summed E-state index contributed by atoms with van der Waals surface area (Å²) in [4.78, 5) is 2.99. The van der Waals surface area contributed by atoms with Gasteiger partial charge in [-0.2, -0.15) is 4.73 Å². The molecule has 2 rings (SSSR count). The molecule has 1 N–H and O–H groups in total. The minimum atomic E-state index is 0.788. The Hall–Kier alpha value is -1.51. The first-order chi connectivity index (χ1) is 4.86. The lowest BCUT2D eigenvalue weighted by atomic mass is 10.3. The second-order valence-corrected chi connectivity index (χ2v) is 2.15. The fourth-order valence-corrected chi connectivity index (χ4v) is 0.979. The highest BCUT2D eigenvalue weighted by molar-refractivity contribution is 5.76. The molecule has 3 nitrogen and oxygen atoms in total. The molecule has 0 aromatic carbocycles. The van der Waals surface area contributed by atoms with Gasteiger partial charge in [0.2, 0.25) is 0 Å². The van der Waals surface area contributed by atoms with Crippen molar-refractivity contribution in [2.75, 3.05) is 0 Å². The van der Waals surface area contributed by atoms with Crippen LogP contribution in [0, 0.1) is 5.21 Å². The van der Waals surface area contributed by atoms with Crippen molar-refractivity contribution in [2.45, 2.75) is 0 Å². The molecule has 0 aliphatic rings. The van der Waals surface area contributed by atoms with Crippen LogP contribution in [-0.4, -0.2) is 4.98 Å². The molecular formula is C7H6N2O. The van der Waals surface area contributed by atoms with Gasteiger partial charge in [0.15, 0.2) is 12.4 Å². The molecule has 0 spiro atoms. The molecular weight excluding hydrogens is 128 g/mol. The van der Waals surface area contributed by atoms with Crippen LogP contribution < -0.4 is 4.73 Å². The molecule has 0 bridgehead atoms. The van der Waals surface area contributed by atoms with Gasteiger partial charge in [0.05, 0.1) is 10.9 Å². The fraction of sp³-hybridized carbons (Fsp3) is 0. The number of hydrogen-bond acceptors (Lipinski definition) is 1. The first-order valence-corrected chi connectivity index (χ1v) is 3.02. The van der Waals surface area contributed by atoms with Gasteiger partial charge in [0, 0.05) is 12.3 Å². The Bertz CT molecular complexity index is 353. The van der Waals surface area contributed by atoms with E-state index in [9.17, 15) is 5.21 Å². The molecule has 50 valence electrons. The summed E-state index contributed by atoms with van der Waals surface area (Å²) in [6, 6.07) is 3.62. The molecule has 0 atom stereocenters. The third-order valence-electron chi connectivity index (χ3n) is 1.47. The quantitative estimate of drug-likeness (QED) is 0.420. The maximum Gasteiger partial charge on any atom is 0.189 e. The molecule has 0 radical (unpaired) electrons. The van der Waals surface area contributed by atoms with E-state index in [2.05, 4.69) is 4.98 Å². The molecule has 0 saturated carbocycles. The highest BCUT2D eigenvalue weighted by atomic mass is 16.5. The van der Waals surface area contributed by atoms with Crippen molar-refractivity contribution in [3.05, 3.63) is 35.9 Å². The Balaban J connectivity index is 2.86. The van der Waals surface area contributed by atoms with Crippen LogP contribution in [0.2, 0.25) is 0 Å². The standard InChI is InChI=1S/C7H6N2O/c10-9-4-2-7-6(5-9)1-3-8-7/h1-5,8H. The molecule has 0 fully saturated rings. The molecule has 0 unspecified atom stereocenters. The molecule has 2 aromatic heterocycles. The zero-order valence-corrected chi connectivity index (χ0v) is 5.24. The van der Waals surface area contributed by atoms with Crippen LogP contribution in [0.5, 0.6) is 0 Å². The van der Waals surface area contributed by atoms with Crippen molar-refractivity contribution >= 4 is 10.9 Å². The van der Waals surface area contributed by atoms with Crippen LogP contribution >= 0.6 is 0 Å². The monoisotopic (exact) mass is 134 g/mol. The second kappa shape index (κ2) is 1.73. The molecule has 0 aliphatic carbocycles. The molecule has 10 heavy (non-hydrogen) atoms. The minimum absolute atomic E-state index is 0.788. The maximum absolute atomic E-state index is 10.7. The Kier molecular flexibility index (Phi) is 0.917. The number of aromatic amines is 1. The van der Waals surface area contributed by atoms with Crippen molar-refractivity contribution in [1.29, 1.82) is 0 Å². The van der Waals surface area contributed by atoms with Crippen molar-refractivity contribution in [3.63, 3.8) is 0 Å². The van der Waals surface area contributed by atoms with Crippen molar-refractivity contribution in [2.24, 2.45) is 0 Å². The van der Waals surface area contributed by atoms with Crippen molar-refractivity contribution in [3.8, 4) is 0 Å². The molecule has 0 saturated heterocycles. The van der Waals surface area contributed by atoms with E-state index in [4.69, 9.17) is 0 Å². The summed E-state index contributed by atoms with van der Waals surface area (Å²) < 4.78 is 0.788. The van der Waals surface area contributed by atoms with Gasteiger partial charge in [0.25, 0.3) is 0 Å². The number of nitrogens with zero attached hydrogens (tertiary/aromatic N) is 1. The predicted molar refractivity (Wildman–Crippen MR) is 37.3 cm³/mol. The summed E-state index contributed by atoms with van der Waals surface area (Å²) in [7, 11) is 0. The second-order valence-electron chi connectivity index (χ2n) is 2.15. The topological polar surface area (TPSA) is 42.7 Å². The van der Waals surface area contributed by atoms with Gasteiger partial charge < -0.3 is 10.2 Å². The highest BCUT2D eigenvalue weighted by Gasteiger charge is 1.95. The van der Waals surface area contributed by atoms with E-state index in [0.29, 0.717) is 0 Å². The first-order valence-electron chi connectivity index (χ1n) is 3.02. The Morgan fingerprint density at radius 1 is 1.40 bits per heavy atom. The molecule has 2 aromatic rings. The summed E-state index contributed by atoms with van der Waals surface area (Å²) in [5.74, 6) is 0. The van der Waals surface area contributed by atoms with E-state index >= 15 is 0 Å². The lowest BCUT2D eigenvalue weighted by Gasteiger charge is -1.92. The number of fused-ring (bicyclic) bond motifs is 1. The van der Waals surface area contributed by atoms with Gasteiger partial charge in [0.1, 0.15) is 0 Å². The largest absolute Gasteiger partial charge is 0.619 e. The third kappa shape index (κ3) is 0.639. The van der Waals surface area contributed by atoms with E-state index in [1.165, 1.54) is 12.4 Å².